The van der Waals surface area contributed by atoms with Gasteiger partial charge in [-0.15, -0.1) is 0 Å². The molecule has 102 valence electrons. The molecule has 0 fully saturated rings. The van der Waals surface area contributed by atoms with E-state index < -0.39 is 0 Å². The van der Waals surface area contributed by atoms with Gasteiger partial charge in [0, 0.05) is 16.6 Å². The highest BCUT2D eigenvalue weighted by Crippen LogP contribution is 2.23. The standard InChI is InChI=1S/C13H20BrClN2O/c1-3-4-13(18-2)12(17-16)7-9-5-6-10(14)8-11(9)15/h5-6,8,12-13,17H,3-4,7,16H2,1-2H3. The van der Waals surface area contributed by atoms with Crippen LogP contribution in [0.2, 0.25) is 5.02 Å². The van der Waals surface area contributed by atoms with Crippen LogP contribution < -0.4 is 11.3 Å². The van der Waals surface area contributed by atoms with Gasteiger partial charge in [-0.2, -0.15) is 0 Å². The molecule has 0 aromatic heterocycles. The molecule has 0 amide bonds. The molecule has 0 bridgehead atoms. The minimum Gasteiger partial charge on any atom is -0.380 e. The van der Waals surface area contributed by atoms with Crippen molar-refractivity contribution in [3.05, 3.63) is 33.3 Å². The van der Waals surface area contributed by atoms with Crippen molar-refractivity contribution >= 4 is 27.5 Å². The van der Waals surface area contributed by atoms with Gasteiger partial charge in [0.15, 0.2) is 0 Å². The molecule has 3 nitrogen and oxygen atoms in total. The summed E-state index contributed by atoms with van der Waals surface area (Å²) in [6, 6.07) is 5.95. The molecule has 2 atom stereocenters. The minimum atomic E-state index is 0.0635. The van der Waals surface area contributed by atoms with Gasteiger partial charge in [-0.25, -0.2) is 0 Å². The number of hydrogen-bond acceptors (Lipinski definition) is 3. The lowest BCUT2D eigenvalue weighted by Gasteiger charge is -2.25. The Hall–Kier alpha value is -0.130. The van der Waals surface area contributed by atoms with Crippen molar-refractivity contribution in [2.24, 2.45) is 5.84 Å². The van der Waals surface area contributed by atoms with Crippen molar-refractivity contribution in [2.45, 2.75) is 38.3 Å². The van der Waals surface area contributed by atoms with Crippen LogP contribution in [-0.4, -0.2) is 19.3 Å². The maximum absolute atomic E-state index is 6.22. The van der Waals surface area contributed by atoms with E-state index in [2.05, 4.69) is 28.3 Å². The van der Waals surface area contributed by atoms with Gasteiger partial charge in [-0.1, -0.05) is 46.9 Å². The number of hydrazine groups is 1. The van der Waals surface area contributed by atoms with Crippen LogP contribution in [0.1, 0.15) is 25.3 Å². The van der Waals surface area contributed by atoms with Crippen LogP contribution in [0.4, 0.5) is 0 Å². The third kappa shape index (κ3) is 4.52. The molecule has 1 aromatic carbocycles. The summed E-state index contributed by atoms with van der Waals surface area (Å²) in [6.07, 6.45) is 2.88. The van der Waals surface area contributed by atoms with Crippen LogP contribution in [0.25, 0.3) is 0 Å². The number of halogens is 2. The van der Waals surface area contributed by atoms with Crippen molar-refractivity contribution in [2.75, 3.05) is 7.11 Å². The SMILES string of the molecule is CCCC(OC)C(Cc1ccc(Br)cc1Cl)NN. The van der Waals surface area contributed by atoms with Gasteiger partial charge in [-0.3, -0.25) is 11.3 Å². The third-order valence-corrected chi connectivity index (χ3v) is 3.84. The number of benzene rings is 1. The smallest absolute Gasteiger partial charge is 0.0740 e. The molecule has 2 unspecified atom stereocenters. The van der Waals surface area contributed by atoms with Gasteiger partial charge in [0.2, 0.25) is 0 Å². The Kier molecular flexibility index (Phi) is 7.19. The molecule has 5 heteroatoms. The van der Waals surface area contributed by atoms with E-state index in [1.165, 1.54) is 0 Å². The fraction of sp³-hybridized carbons (Fsp3) is 0.538. The first kappa shape index (κ1) is 15.9. The highest BCUT2D eigenvalue weighted by Gasteiger charge is 2.20. The van der Waals surface area contributed by atoms with Gasteiger partial charge in [0.25, 0.3) is 0 Å². The van der Waals surface area contributed by atoms with E-state index in [4.69, 9.17) is 22.2 Å². The Morgan fingerprint density at radius 1 is 1.50 bits per heavy atom. The highest BCUT2D eigenvalue weighted by atomic mass is 79.9. The Balaban J connectivity index is 2.78. The molecule has 0 spiro atoms. The predicted octanol–water partition coefficient (Wildman–Crippen LogP) is 3.29. The van der Waals surface area contributed by atoms with E-state index in [0.29, 0.717) is 0 Å². The van der Waals surface area contributed by atoms with E-state index in [1.807, 2.05) is 18.2 Å². The molecule has 0 heterocycles. The van der Waals surface area contributed by atoms with Crippen LogP contribution in [-0.2, 0) is 11.2 Å². The second kappa shape index (κ2) is 8.12. The zero-order chi connectivity index (χ0) is 13.5. The second-order valence-corrected chi connectivity index (χ2v) is 5.60. The predicted molar refractivity (Wildman–Crippen MR) is 79.7 cm³/mol. The fourth-order valence-electron chi connectivity index (χ4n) is 1.99. The molecule has 1 aromatic rings. The lowest BCUT2D eigenvalue weighted by molar-refractivity contribution is 0.0609. The Morgan fingerprint density at radius 3 is 2.72 bits per heavy atom. The molecular weight excluding hydrogens is 316 g/mol. The quantitative estimate of drug-likeness (QED) is 0.594. The minimum absolute atomic E-state index is 0.0635. The number of rotatable bonds is 7. The molecule has 0 aliphatic rings. The van der Waals surface area contributed by atoms with Crippen LogP contribution >= 0.6 is 27.5 Å². The van der Waals surface area contributed by atoms with Crippen molar-refractivity contribution < 1.29 is 4.74 Å². The summed E-state index contributed by atoms with van der Waals surface area (Å²) in [5.41, 5.74) is 3.90. The van der Waals surface area contributed by atoms with E-state index in [0.717, 1.165) is 34.3 Å². The summed E-state index contributed by atoms with van der Waals surface area (Å²) in [5, 5.41) is 0.746. The topological polar surface area (TPSA) is 47.3 Å². The van der Waals surface area contributed by atoms with Crippen LogP contribution in [0, 0.1) is 0 Å². The van der Waals surface area contributed by atoms with Gasteiger partial charge >= 0.3 is 0 Å². The van der Waals surface area contributed by atoms with Gasteiger partial charge in [-0.05, 0) is 30.5 Å². The number of hydrogen-bond donors (Lipinski definition) is 2. The largest absolute Gasteiger partial charge is 0.380 e. The van der Waals surface area contributed by atoms with Crippen LogP contribution in [0.15, 0.2) is 22.7 Å². The average molecular weight is 336 g/mol. The van der Waals surface area contributed by atoms with Crippen LogP contribution in [0.3, 0.4) is 0 Å². The number of methoxy groups -OCH3 is 1. The van der Waals surface area contributed by atoms with Gasteiger partial charge < -0.3 is 4.74 Å². The maximum Gasteiger partial charge on any atom is 0.0740 e. The monoisotopic (exact) mass is 334 g/mol. The molecular formula is C13H20BrClN2O. The molecule has 1 rings (SSSR count). The number of ether oxygens (including phenoxy) is 1. The van der Waals surface area contributed by atoms with E-state index in [1.54, 1.807) is 7.11 Å². The van der Waals surface area contributed by atoms with Crippen molar-refractivity contribution in [3.63, 3.8) is 0 Å². The molecule has 0 aliphatic heterocycles. The van der Waals surface area contributed by atoms with Crippen molar-refractivity contribution in [1.29, 1.82) is 0 Å². The first-order valence-corrected chi connectivity index (χ1v) is 7.22. The lowest BCUT2D eigenvalue weighted by atomic mass is 9.99. The zero-order valence-corrected chi connectivity index (χ0v) is 13.1. The molecule has 0 saturated carbocycles. The second-order valence-electron chi connectivity index (χ2n) is 4.28. The summed E-state index contributed by atoms with van der Waals surface area (Å²) in [6.45, 7) is 2.13. The fourth-order valence-corrected chi connectivity index (χ4v) is 2.74. The number of nitrogens with two attached hydrogens (primary N) is 1. The first-order chi connectivity index (χ1) is 8.62. The molecule has 0 aliphatic carbocycles. The van der Waals surface area contributed by atoms with Gasteiger partial charge in [0.05, 0.1) is 12.1 Å². The summed E-state index contributed by atoms with van der Waals surface area (Å²) in [5.74, 6) is 5.62. The average Bonchev–Trinajstić information content (AvgIpc) is 2.36. The summed E-state index contributed by atoms with van der Waals surface area (Å²) < 4.78 is 6.46. The molecule has 3 N–H and O–H groups in total. The molecule has 0 radical (unpaired) electrons. The Bertz CT molecular complexity index is 376. The third-order valence-electron chi connectivity index (χ3n) is 2.99. The Morgan fingerprint density at radius 2 is 2.22 bits per heavy atom. The van der Waals surface area contributed by atoms with Crippen molar-refractivity contribution in [3.8, 4) is 0 Å². The Labute approximate surface area is 122 Å². The summed E-state index contributed by atoms with van der Waals surface area (Å²) in [4.78, 5) is 0. The van der Waals surface area contributed by atoms with Gasteiger partial charge in [0.1, 0.15) is 0 Å². The maximum atomic E-state index is 6.22. The van der Waals surface area contributed by atoms with E-state index >= 15 is 0 Å². The molecule has 0 saturated heterocycles. The zero-order valence-electron chi connectivity index (χ0n) is 10.7. The normalized spacial score (nSPS) is 14.5. The van der Waals surface area contributed by atoms with Crippen molar-refractivity contribution in [1.82, 2.24) is 5.43 Å². The number of nitrogens with one attached hydrogen (secondary N) is 1. The lowest BCUT2D eigenvalue weighted by Crippen LogP contribution is -2.46. The van der Waals surface area contributed by atoms with E-state index in [9.17, 15) is 0 Å². The summed E-state index contributed by atoms with van der Waals surface area (Å²) >= 11 is 9.61. The first-order valence-electron chi connectivity index (χ1n) is 6.05. The highest BCUT2D eigenvalue weighted by molar-refractivity contribution is 9.10. The summed E-state index contributed by atoms with van der Waals surface area (Å²) in [7, 11) is 1.72. The van der Waals surface area contributed by atoms with E-state index in [-0.39, 0.29) is 12.1 Å². The molecule has 18 heavy (non-hydrogen) atoms. The van der Waals surface area contributed by atoms with Crippen LogP contribution in [0.5, 0.6) is 0 Å².